The van der Waals surface area contributed by atoms with E-state index in [1.54, 1.807) is 18.3 Å². The van der Waals surface area contributed by atoms with Gasteiger partial charge in [-0.2, -0.15) is 4.31 Å². The molecule has 0 aliphatic heterocycles. The number of pyridine rings is 1. The van der Waals surface area contributed by atoms with Gasteiger partial charge in [0.25, 0.3) is 0 Å². The number of aromatic nitrogens is 2. The number of rotatable bonds is 7. The van der Waals surface area contributed by atoms with Crippen LogP contribution < -0.4 is 0 Å². The standard InChI is InChI=1S/C13H19N3O3S/c1-2-3-7-16(8-9-17)20(18,19)12-10-15-13-11(12)5-4-6-14-13/h4-6,10,17H,2-3,7-9H2,1H3,(H,14,15). The summed E-state index contributed by atoms with van der Waals surface area (Å²) in [5.74, 6) is 0. The molecule has 0 fully saturated rings. The Balaban J connectivity index is 2.41. The maximum atomic E-state index is 12.7. The first-order valence-corrected chi connectivity index (χ1v) is 8.08. The molecule has 2 rings (SSSR count). The Hall–Kier alpha value is -1.44. The molecule has 2 N–H and O–H groups in total. The number of aliphatic hydroxyl groups excluding tert-OH is 1. The third-order valence-electron chi connectivity index (χ3n) is 3.14. The number of nitrogens with one attached hydrogen (secondary N) is 1. The molecule has 2 aromatic rings. The van der Waals surface area contributed by atoms with Gasteiger partial charge >= 0.3 is 0 Å². The summed E-state index contributed by atoms with van der Waals surface area (Å²) >= 11 is 0. The van der Waals surface area contributed by atoms with E-state index in [9.17, 15) is 8.42 Å². The van der Waals surface area contributed by atoms with Gasteiger partial charge in [0.1, 0.15) is 10.5 Å². The number of sulfonamides is 1. The van der Waals surface area contributed by atoms with Crippen LogP contribution in [0.15, 0.2) is 29.4 Å². The summed E-state index contributed by atoms with van der Waals surface area (Å²) in [6, 6.07) is 3.43. The van der Waals surface area contributed by atoms with Crippen molar-refractivity contribution in [2.75, 3.05) is 19.7 Å². The first-order chi connectivity index (χ1) is 9.61. The molecule has 0 saturated carbocycles. The molecule has 6 nitrogen and oxygen atoms in total. The summed E-state index contributed by atoms with van der Waals surface area (Å²) in [5.41, 5.74) is 0.547. The van der Waals surface area contributed by atoms with Gasteiger partial charge in [-0.3, -0.25) is 0 Å². The van der Waals surface area contributed by atoms with Crippen molar-refractivity contribution in [2.45, 2.75) is 24.7 Å². The largest absolute Gasteiger partial charge is 0.395 e. The minimum Gasteiger partial charge on any atom is -0.395 e. The second-order valence-corrected chi connectivity index (χ2v) is 6.44. The van der Waals surface area contributed by atoms with Gasteiger partial charge in [0.2, 0.25) is 10.0 Å². The van der Waals surface area contributed by atoms with Crippen molar-refractivity contribution in [3.8, 4) is 0 Å². The number of aromatic amines is 1. The number of hydrogen-bond donors (Lipinski definition) is 2. The van der Waals surface area contributed by atoms with Crippen LogP contribution >= 0.6 is 0 Å². The van der Waals surface area contributed by atoms with E-state index in [1.165, 1.54) is 10.5 Å². The van der Waals surface area contributed by atoms with Crippen LogP contribution in [-0.4, -0.2) is 47.5 Å². The molecule has 0 bridgehead atoms. The summed E-state index contributed by atoms with van der Waals surface area (Å²) in [7, 11) is -3.62. The van der Waals surface area contributed by atoms with Crippen molar-refractivity contribution in [1.29, 1.82) is 0 Å². The van der Waals surface area contributed by atoms with E-state index >= 15 is 0 Å². The lowest BCUT2D eigenvalue weighted by Gasteiger charge is -2.20. The first-order valence-electron chi connectivity index (χ1n) is 6.64. The maximum Gasteiger partial charge on any atom is 0.245 e. The smallest absolute Gasteiger partial charge is 0.245 e. The van der Waals surface area contributed by atoms with Crippen LogP contribution in [0, 0.1) is 0 Å². The van der Waals surface area contributed by atoms with Crippen LogP contribution in [0.3, 0.4) is 0 Å². The minimum absolute atomic E-state index is 0.106. The summed E-state index contributed by atoms with van der Waals surface area (Å²) in [6.07, 6.45) is 4.73. The first kappa shape index (κ1) is 15.0. The molecule has 110 valence electrons. The molecule has 0 saturated heterocycles. The molecule has 0 spiro atoms. The molecular formula is C13H19N3O3S. The Morgan fingerprint density at radius 3 is 2.90 bits per heavy atom. The van der Waals surface area contributed by atoms with Gasteiger partial charge in [-0.15, -0.1) is 0 Å². The van der Waals surface area contributed by atoms with E-state index in [2.05, 4.69) is 9.97 Å². The van der Waals surface area contributed by atoms with E-state index in [-0.39, 0.29) is 18.0 Å². The van der Waals surface area contributed by atoms with E-state index in [0.29, 0.717) is 17.6 Å². The summed E-state index contributed by atoms with van der Waals surface area (Å²) in [6.45, 7) is 2.32. The number of fused-ring (bicyclic) bond motifs is 1. The predicted molar refractivity (Wildman–Crippen MR) is 76.8 cm³/mol. The zero-order valence-corrected chi connectivity index (χ0v) is 12.2. The van der Waals surface area contributed by atoms with Crippen LogP contribution in [0.25, 0.3) is 11.0 Å². The third-order valence-corrected chi connectivity index (χ3v) is 5.08. The quantitative estimate of drug-likeness (QED) is 0.807. The number of unbranched alkanes of at least 4 members (excludes halogenated alkanes) is 1. The number of nitrogens with zero attached hydrogens (tertiary/aromatic N) is 2. The fourth-order valence-electron chi connectivity index (χ4n) is 2.08. The average molecular weight is 297 g/mol. The lowest BCUT2D eigenvalue weighted by molar-refractivity contribution is 0.252. The molecule has 0 aromatic carbocycles. The van der Waals surface area contributed by atoms with E-state index < -0.39 is 10.0 Å². The van der Waals surface area contributed by atoms with Gasteiger partial charge < -0.3 is 10.1 Å². The molecule has 0 unspecified atom stereocenters. The van der Waals surface area contributed by atoms with Crippen molar-refractivity contribution in [3.05, 3.63) is 24.5 Å². The lowest BCUT2D eigenvalue weighted by Crippen LogP contribution is -2.34. The Bertz CT molecular complexity index is 666. The van der Waals surface area contributed by atoms with Crippen LogP contribution in [0.1, 0.15) is 19.8 Å². The summed E-state index contributed by atoms with van der Waals surface area (Å²) in [4.78, 5) is 7.18. The Morgan fingerprint density at radius 2 is 2.20 bits per heavy atom. The van der Waals surface area contributed by atoms with Crippen LogP contribution in [0.2, 0.25) is 0 Å². The van der Waals surface area contributed by atoms with E-state index in [4.69, 9.17) is 5.11 Å². The van der Waals surface area contributed by atoms with Crippen molar-refractivity contribution in [3.63, 3.8) is 0 Å². The lowest BCUT2D eigenvalue weighted by atomic mass is 10.3. The maximum absolute atomic E-state index is 12.7. The van der Waals surface area contributed by atoms with Gasteiger partial charge in [0.05, 0.1) is 6.61 Å². The van der Waals surface area contributed by atoms with E-state index in [0.717, 1.165) is 12.8 Å². The minimum atomic E-state index is -3.62. The monoisotopic (exact) mass is 297 g/mol. The molecule has 0 aliphatic carbocycles. The molecule has 2 aromatic heterocycles. The molecule has 20 heavy (non-hydrogen) atoms. The van der Waals surface area contributed by atoms with Crippen LogP contribution in [-0.2, 0) is 10.0 Å². The zero-order valence-electron chi connectivity index (χ0n) is 11.4. The summed E-state index contributed by atoms with van der Waals surface area (Å²) in [5, 5.41) is 9.66. The molecule has 0 atom stereocenters. The molecule has 0 radical (unpaired) electrons. The van der Waals surface area contributed by atoms with E-state index in [1.807, 2.05) is 6.92 Å². The second kappa shape index (κ2) is 6.34. The average Bonchev–Trinajstić information content (AvgIpc) is 2.88. The van der Waals surface area contributed by atoms with Crippen molar-refractivity contribution in [1.82, 2.24) is 14.3 Å². The SMILES string of the molecule is CCCCN(CCO)S(=O)(=O)c1c[nH]c2ncccc12. The van der Waals surface area contributed by atoms with Crippen LogP contribution in [0.4, 0.5) is 0 Å². The van der Waals surface area contributed by atoms with Crippen molar-refractivity contribution >= 4 is 21.1 Å². The topological polar surface area (TPSA) is 86.3 Å². The van der Waals surface area contributed by atoms with Crippen molar-refractivity contribution < 1.29 is 13.5 Å². The Morgan fingerprint density at radius 1 is 1.40 bits per heavy atom. The highest BCUT2D eigenvalue weighted by Gasteiger charge is 2.26. The molecule has 2 heterocycles. The second-order valence-electron chi connectivity index (χ2n) is 4.53. The highest BCUT2D eigenvalue weighted by Crippen LogP contribution is 2.24. The van der Waals surface area contributed by atoms with Gasteiger partial charge in [0.15, 0.2) is 0 Å². The van der Waals surface area contributed by atoms with Gasteiger partial charge in [-0.1, -0.05) is 13.3 Å². The fourth-order valence-corrected chi connectivity index (χ4v) is 3.70. The molecule has 0 amide bonds. The molecular weight excluding hydrogens is 278 g/mol. The highest BCUT2D eigenvalue weighted by molar-refractivity contribution is 7.89. The Labute approximate surface area is 118 Å². The number of aliphatic hydroxyl groups is 1. The fraction of sp³-hybridized carbons (Fsp3) is 0.462. The number of hydrogen-bond acceptors (Lipinski definition) is 4. The normalized spacial score (nSPS) is 12.3. The zero-order chi connectivity index (χ0) is 14.6. The van der Waals surface area contributed by atoms with Gasteiger partial charge in [-0.05, 0) is 18.6 Å². The Kier molecular flexibility index (Phi) is 4.74. The predicted octanol–water partition coefficient (Wildman–Crippen LogP) is 1.35. The third kappa shape index (κ3) is 2.84. The molecule has 7 heteroatoms. The summed E-state index contributed by atoms with van der Waals surface area (Å²) < 4.78 is 26.7. The van der Waals surface area contributed by atoms with Gasteiger partial charge in [-0.25, -0.2) is 13.4 Å². The highest BCUT2D eigenvalue weighted by atomic mass is 32.2. The van der Waals surface area contributed by atoms with Gasteiger partial charge in [0, 0.05) is 30.9 Å². The van der Waals surface area contributed by atoms with Crippen molar-refractivity contribution in [2.24, 2.45) is 0 Å². The van der Waals surface area contributed by atoms with Crippen LogP contribution in [0.5, 0.6) is 0 Å². The molecule has 0 aliphatic rings. The number of H-pyrrole nitrogens is 1.